The zero-order chi connectivity index (χ0) is 9.10. The van der Waals surface area contributed by atoms with Crippen LogP contribution < -0.4 is 0 Å². The molecule has 0 aliphatic heterocycles. The van der Waals surface area contributed by atoms with Gasteiger partial charge in [-0.15, -0.1) is 0 Å². The highest BCUT2D eigenvalue weighted by molar-refractivity contribution is 6.30. The summed E-state index contributed by atoms with van der Waals surface area (Å²) in [6.45, 7) is 0. The number of rotatable bonds is 1. The normalized spacial score (nSPS) is 16.2. The lowest BCUT2D eigenvalue weighted by molar-refractivity contribution is 0.886. The van der Waals surface area contributed by atoms with Crippen molar-refractivity contribution in [2.45, 2.75) is 25.7 Å². The molecule has 1 fully saturated rings. The van der Waals surface area contributed by atoms with E-state index < -0.39 is 0 Å². The van der Waals surface area contributed by atoms with Crippen LogP contribution in [0.4, 0.5) is 0 Å². The monoisotopic (exact) mass is 192 g/mol. The van der Waals surface area contributed by atoms with Gasteiger partial charge in [-0.2, -0.15) is 0 Å². The Bertz CT molecular complexity index is 300. The van der Waals surface area contributed by atoms with Crippen LogP contribution in [0.3, 0.4) is 0 Å². The summed E-state index contributed by atoms with van der Waals surface area (Å²) in [6.07, 6.45) is 7.58. The molecule has 0 N–H and O–H groups in total. The molecular weight excluding hydrogens is 180 g/mol. The van der Waals surface area contributed by atoms with E-state index in [9.17, 15) is 0 Å². The van der Waals surface area contributed by atoms with Crippen molar-refractivity contribution >= 4 is 17.7 Å². The largest absolute Gasteiger partial charge is 0.0843 e. The molecule has 0 spiro atoms. The van der Waals surface area contributed by atoms with Gasteiger partial charge in [-0.25, -0.2) is 0 Å². The van der Waals surface area contributed by atoms with E-state index in [0.717, 1.165) is 5.02 Å². The second-order valence-corrected chi connectivity index (χ2v) is 4.00. The van der Waals surface area contributed by atoms with Gasteiger partial charge in [0.25, 0.3) is 0 Å². The third-order valence-electron chi connectivity index (χ3n) is 2.49. The Morgan fingerprint density at radius 1 is 1.00 bits per heavy atom. The smallest absolute Gasteiger partial charge is 0.0406 e. The highest BCUT2D eigenvalue weighted by Crippen LogP contribution is 2.26. The van der Waals surface area contributed by atoms with Crippen molar-refractivity contribution in [3.63, 3.8) is 0 Å². The van der Waals surface area contributed by atoms with Gasteiger partial charge in [0, 0.05) is 5.02 Å². The Morgan fingerprint density at radius 3 is 2.23 bits per heavy atom. The molecule has 13 heavy (non-hydrogen) atoms. The van der Waals surface area contributed by atoms with E-state index in [4.69, 9.17) is 11.6 Å². The Kier molecular flexibility index (Phi) is 2.70. The first-order valence-electron chi connectivity index (χ1n) is 4.79. The van der Waals surface area contributed by atoms with E-state index >= 15 is 0 Å². The molecule has 1 aliphatic rings. The molecule has 68 valence electrons. The second-order valence-electron chi connectivity index (χ2n) is 3.56. The maximum absolute atomic E-state index is 5.81. The molecular formula is C12H13Cl. The molecule has 2 rings (SSSR count). The molecule has 0 amide bonds. The second kappa shape index (κ2) is 3.97. The van der Waals surface area contributed by atoms with Crippen LogP contribution in [0.2, 0.25) is 5.02 Å². The fourth-order valence-corrected chi connectivity index (χ4v) is 1.89. The summed E-state index contributed by atoms with van der Waals surface area (Å²) in [5, 5.41) is 0.813. The van der Waals surface area contributed by atoms with Gasteiger partial charge in [-0.05, 0) is 43.4 Å². The van der Waals surface area contributed by atoms with Crippen LogP contribution in [0, 0.1) is 0 Å². The minimum Gasteiger partial charge on any atom is -0.0843 e. The Balaban J connectivity index is 2.17. The van der Waals surface area contributed by atoms with E-state index in [-0.39, 0.29) is 0 Å². The first-order chi connectivity index (χ1) is 6.34. The van der Waals surface area contributed by atoms with Crippen LogP contribution >= 0.6 is 11.6 Å². The zero-order valence-corrected chi connectivity index (χ0v) is 8.35. The van der Waals surface area contributed by atoms with Gasteiger partial charge in [0.1, 0.15) is 0 Å². The summed E-state index contributed by atoms with van der Waals surface area (Å²) >= 11 is 5.81. The standard InChI is InChI=1S/C12H13Cl/c13-12-7-5-11(6-8-12)9-10-3-1-2-4-10/h5-9H,1-4H2. The van der Waals surface area contributed by atoms with E-state index in [2.05, 4.69) is 18.2 Å². The third kappa shape index (κ3) is 2.35. The number of hydrogen-bond acceptors (Lipinski definition) is 0. The first-order valence-corrected chi connectivity index (χ1v) is 5.17. The highest BCUT2D eigenvalue weighted by atomic mass is 35.5. The summed E-state index contributed by atoms with van der Waals surface area (Å²) in [5.74, 6) is 0. The van der Waals surface area contributed by atoms with Gasteiger partial charge in [-0.3, -0.25) is 0 Å². The molecule has 0 heterocycles. The summed E-state index contributed by atoms with van der Waals surface area (Å²) < 4.78 is 0. The average molecular weight is 193 g/mol. The molecule has 0 aromatic heterocycles. The van der Waals surface area contributed by atoms with Gasteiger partial charge in [0.2, 0.25) is 0 Å². The predicted molar refractivity (Wildman–Crippen MR) is 57.9 cm³/mol. The van der Waals surface area contributed by atoms with Crippen molar-refractivity contribution in [3.05, 3.63) is 40.4 Å². The van der Waals surface area contributed by atoms with Gasteiger partial charge in [0.15, 0.2) is 0 Å². The lowest BCUT2D eigenvalue weighted by atomic mass is 10.1. The molecule has 1 saturated carbocycles. The Hall–Kier alpha value is -0.750. The molecule has 1 aliphatic carbocycles. The van der Waals surface area contributed by atoms with Gasteiger partial charge >= 0.3 is 0 Å². The number of hydrogen-bond donors (Lipinski definition) is 0. The predicted octanol–water partition coefficient (Wildman–Crippen LogP) is 4.30. The maximum Gasteiger partial charge on any atom is 0.0406 e. The molecule has 0 saturated heterocycles. The topological polar surface area (TPSA) is 0 Å². The summed E-state index contributed by atoms with van der Waals surface area (Å²) in [5.41, 5.74) is 2.86. The lowest BCUT2D eigenvalue weighted by Gasteiger charge is -1.97. The number of halogens is 1. The summed E-state index contributed by atoms with van der Waals surface area (Å²) in [7, 11) is 0. The van der Waals surface area contributed by atoms with E-state index in [1.165, 1.54) is 31.2 Å². The van der Waals surface area contributed by atoms with Crippen molar-refractivity contribution in [1.29, 1.82) is 0 Å². The molecule has 0 bridgehead atoms. The van der Waals surface area contributed by atoms with Crippen molar-refractivity contribution in [2.75, 3.05) is 0 Å². The number of allylic oxidation sites excluding steroid dienone is 1. The quantitative estimate of drug-likeness (QED) is 0.623. The van der Waals surface area contributed by atoms with E-state index in [0.29, 0.717) is 0 Å². The molecule has 1 heteroatoms. The maximum atomic E-state index is 5.81. The summed E-state index contributed by atoms with van der Waals surface area (Å²) in [4.78, 5) is 0. The number of benzene rings is 1. The molecule has 1 aromatic rings. The van der Waals surface area contributed by atoms with Crippen molar-refractivity contribution in [2.24, 2.45) is 0 Å². The average Bonchev–Trinajstić information content (AvgIpc) is 2.62. The van der Waals surface area contributed by atoms with Gasteiger partial charge in [-0.1, -0.05) is 35.4 Å². The molecule has 0 unspecified atom stereocenters. The minimum absolute atomic E-state index is 0.813. The molecule has 1 aromatic carbocycles. The Morgan fingerprint density at radius 2 is 1.62 bits per heavy atom. The Labute approximate surface area is 84.2 Å². The third-order valence-corrected chi connectivity index (χ3v) is 2.74. The molecule has 0 nitrogen and oxygen atoms in total. The molecule has 0 radical (unpaired) electrons. The highest BCUT2D eigenvalue weighted by Gasteiger charge is 2.05. The van der Waals surface area contributed by atoms with Crippen molar-refractivity contribution in [1.82, 2.24) is 0 Å². The van der Waals surface area contributed by atoms with E-state index in [1.54, 1.807) is 5.57 Å². The fourth-order valence-electron chi connectivity index (χ4n) is 1.77. The van der Waals surface area contributed by atoms with Gasteiger partial charge in [0.05, 0.1) is 0 Å². The van der Waals surface area contributed by atoms with Crippen molar-refractivity contribution in [3.8, 4) is 0 Å². The first kappa shape index (κ1) is 8.83. The zero-order valence-electron chi connectivity index (χ0n) is 7.59. The SMILES string of the molecule is Clc1ccc(C=C2CCCC2)cc1. The molecule has 0 atom stereocenters. The lowest BCUT2D eigenvalue weighted by Crippen LogP contribution is -1.75. The fraction of sp³-hybridized carbons (Fsp3) is 0.333. The minimum atomic E-state index is 0.813. The van der Waals surface area contributed by atoms with Crippen LogP contribution in [-0.2, 0) is 0 Å². The van der Waals surface area contributed by atoms with Crippen LogP contribution in [-0.4, -0.2) is 0 Å². The van der Waals surface area contributed by atoms with Crippen LogP contribution in [0.15, 0.2) is 29.8 Å². The van der Waals surface area contributed by atoms with Gasteiger partial charge < -0.3 is 0 Å². The summed E-state index contributed by atoms with van der Waals surface area (Å²) in [6, 6.07) is 8.05. The van der Waals surface area contributed by atoms with E-state index in [1.807, 2.05) is 12.1 Å². The van der Waals surface area contributed by atoms with Crippen molar-refractivity contribution < 1.29 is 0 Å². The van der Waals surface area contributed by atoms with Crippen LogP contribution in [0.5, 0.6) is 0 Å². The van der Waals surface area contributed by atoms with Crippen LogP contribution in [0.25, 0.3) is 6.08 Å². The van der Waals surface area contributed by atoms with Crippen LogP contribution in [0.1, 0.15) is 31.2 Å².